The van der Waals surface area contributed by atoms with Crippen LogP contribution in [0.5, 0.6) is 0 Å². The van der Waals surface area contributed by atoms with Gasteiger partial charge in [0, 0.05) is 17.1 Å². The first kappa shape index (κ1) is 13.3. The second-order valence-electron chi connectivity index (χ2n) is 4.41. The summed E-state index contributed by atoms with van der Waals surface area (Å²) in [6.45, 7) is 2.01. The molecule has 1 atom stereocenters. The van der Waals surface area contributed by atoms with Gasteiger partial charge in [0.1, 0.15) is 0 Å². The van der Waals surface area contributed by atoms with Crippen molar-refractivity contribution >= 4 is 22.7 Å². The van der Waals surface area contributed by atoms with Gasteiger partial charge in [-0.15, -0.1) is 0 Å². The minimum absolute atomic E-state index is 0.211. The first-order valence-corrected chi connectivity index (χ1v) is 7.46. The van der Waals surface area contributed by atoms with Gasteiger partial charge in [0.25, 0.3) is 0 Å². The number of hydrogen-bond donors (Lipinski definition) is 2. The topological polar surface area (TPSA) is 50.9 Å². The normalized spacial score (nSPS) is 12.8. The van der Waals surface area contributed by atoms with E-state index < -0.39 is 0 Å². The molecule has 0 aliphatic carbocycles. The molecule has 1 heterocycles. The van der Waals surface area contributed by atoms with E-state index in [1.165, 1.54) is 10.9 Å². The van der Waals surface area contributed by atoms with Gasteiger partial charge >= 0.3 is 0 Å². The van der Waals surface area contributed by atoms with Crippen LogP contribution in [0, 0.1) is 6.92 Å². The number of nitrogens with two attached hydrogens (primary N) is 1. The molecule has 2 rings (SSSR count). The Kier molecular flexibility index (Phi) is 4.58. The minimum atomic E-state index is 0.211. The van der Waals surface area contributed by atoms with Gasteiger partial charge in [-0.3, -0.25) is 16.3 Å². The highest BCUT2D eigenvalue weighted by Crippen LogP contribution is 2.22. The zero-order valence-electron chi connectivity index (χ0n) is 10.8. The summed E-state index contributed by atoms with van der Waals surface area (Å²) in [5, 5.41) is 1.17. The average Bonchev–Trinajstić information content (AvgIpc) is 2.39. The third-order valence-electron chi connectivity index (χ3n) is 3.07. The fraction of sp³-hybridized carbons (Fsp3) is 0.357. The van der Waals surface area contributed by atoms with Gasteiger partial charge < -0.3 is 0 Å². The first-order valence-electron chi connectivity index (χ1n) is 6.07. The zero-order valence-corrected chi connectivity index (χ0v) is 11.6. The fourth-order valence-electron chi connectivity index (χ4n) is 2.04. The molecule has 0 saturated carbocycles. The molecule has 1 unspecified atom stereocenters. The van der Waals surface area contributed by atoms with Crippen LogP contribution in [0.2, 0.25) is 0 Å². The fourth-order valence-corrected chi connectivity index (χ4v) is 2.52. The Balaban J connectivity index is 2.30. The van der Waals surface area contributed by atoms with Crippen molar-refractivity contribution < 1.29 is 0 Å². The van der Waals surface area contributed by atoms with Crippen molar-refractivity contribution in [2.45, 2.75) is 19.4 Å². The maximum absolute atomic E-state index is 5.64. The van der Waals surface area contributed by atoms with Gasteiger partial charge in [-0.25, -0.2) is 0 Å². The third-order valence-corrected chi connectivity index (χ3v) is 3.71. The molecule has 1 aromatic heterocycles. The standard InChI is InChI=1S/C14H19N3S/c1-10-3-4-11-9-12(5-6-13(11)16-10)14(17-15)7-8-18-2/h3-6,9,14,17H,7-8,15H2,1-2H3. The largest absolute Gasteiger partial charge is 0.271 e. The number of aryl methyl sites for hydroxylation is 1. The number of benzene rings is 1. The maximum Gasteiger partial charge on any atom is 0.0705 e. The molecule has 0 bridgehead atoms. The number of hydrazine groups is 1. The van der Waals surface area contributed by atoms with Gasteiger partial charge in [-0.1, -0.05) is 12.1 Å². The predicted octanol–water partition coefficient (Wildman–Crippen LogP) is 2.80. The summed E-state index contributed by atoms with van der Waals surface area (Å²) in [6, 6.07) is 10.7. The van der Waals surface area contributed by atoms with E-state index in [-0.39, 0.29) is 6.04 Å². The van der Waals surface area contributed by atoms with Crippen molar-refractivity contribution in [3.63, 3.8) is 0 Å². The molecule has 0 fully saturated rings. The molecule has 0 aliphatic heterocycles. The highest BCUT2D eigenvalue weighted by molar-refractivity contribution is 7.98. The number of thioether (sulfide) groups is 1. The summed E-state index contributed by atoms with van der Waals surface area (Å²) in [5.74, 6) is 6.74. The molecule has 96 valence electrons. The number of fused-ring (bicyclic) bond motifs is 1. The van der Waals surface area contributed by atoms with Crippen LogP contribution < -0.4 is 11.3 Å². The summed E-state index contributed by atoms with van der Waals surface area (Å²) < 4.78 is 0. The molecule has 0 aliphatic rings. The number of rotatable bonds is 5. The van der Waals surface area contributed by atoms with Crippen LogP contribution in [0.15, 0.2) is 30.3 Å². The highest BCUT2D eigenvalue weighted by atomic mass is 32.2. The molecular weight excluding hydrogens is 242 g/mol. The molecular formula is C14H19N3S. The minimum Gasteiger partial charge on any atom is -0.271 e. The number of nitrogens with one attached hydrogen (secondary N) is 1. The smallest absolute Gasteiger partial charge is 0.0705 e. The Hall–Kier alpha value is -1.10. The summed E-state index contributed by atoms with van der Waals surface area (Å²) in [4.78, 5) is 4.51. The molecule has 2 aromatic rings. The molecule has 18 heavy (non-hydrogen) atoms. The van der Waals surface area contributed by atoms with Crippen LogP contribution in [-0.4, -0.2) is 17.0 Å². The lowest BCUT2D eigenvalue weighted by Gasteiger charge is -2.16. The molecule has 0 saturated heterocycles. The van der Waals surface area contributed by atoms with Crippen LogP contribution in [0.25, 0.3) is 10.9 Å². The average molecular weight is 261 g/mol. The van der Waals surface area contributed by atoms with Crippen LogP contribution >= 0.6 is 11.8 Å². The third kappa shape index (κ3) is 3.02. The zero-order chi connectivity index (χ0) is 13.0. The van der Waals surface area contributed by atoms with Gasteiger partial charge in [0.2, 0.25) is 0 Å². The monoisotopic (exact) mass is 261 g/mol. The van der Waals surface area contributed by atoms with Crippen molar-refractivity contribution in [2.24, 2.45) is 5.84 Å². The summed E-state index contributed by atoms with van der Waals surface area (Å²) in [6.07, 6.45) is 3.14. The second-order valence-corrected chi connectivity index (χ2v) is 5.39. The lowest BCUT2D eigenvalue weighted by atomic mass is 10.0. The van der Waals surface area contributed by atoms with Crippen LogP contribution in [0.3, 0.4) is 0 Å². The van der Waals surface area contributed by atoms with E-state index in [9.17, 15) is 0 Å². The summed E-state index contributed by atoms with van der Waals surface area (Å²) in [7, 11) is 0. The van der Waals surface area contributed by atoms with E-state index in [1.807, 2.05) is 24.8 Å². The number of hydrogen-bond acceptors (Lipinski definition) is 4. The van der Waals surface area contributed by atoms with Crippen molar-refractivity contribution in [3.8, 4) is 0 Å². The Morgan fingerprint density at radius 1 is 1.33 bits per heavy atom. The van der Waals surface area contributed by atoms with Gasteiger partial charge in [-0.2, -0.15) is 11.8 Å². The summed E-state index contributed by atoms with van der Waals surface area (Å²) >= 11 is 1.84. The summed E-state index contributed by atoms with van der Waals surface area (Å²) in [5.41, 5.74) is 6.21. The molecule has 0 spiro atoms. The number of aromatic nitrogens is 1. The SMILES string of the molecule is CSCCC(NN)c1ccc2nc(C)ccc2c1. The van der Waals surface area contributed by atoms with E-state index in [4.69, 9.17) is 5.84 Å². The van der Waals surface area contributed by atoms with E-state index in [0.29, 0.717) is 0 Å². The van der Waals surface area contributed by atoms with Crippen molar-refractivity contribution in [1.29, 1.82) is 0 Å². The van der Waals surface area contributed by atoms with E-state index in [2.05, 4.69) is 40.9 Å². The Morgan fingerprint density at radius 2 is 2.17 bits per heavy atom. The maximum atomic E-state index is 5.64. The van der Waals surface area contributed by atoms with Crippen LogP contribution in [0.4, 0.5) is 0 Å². The highest BCUT2D eigenvalue weighted by Gasteiger charge is 2.09. The molecule has 3 nitrogen and oxygen atoms in total. The van der Waals surface area contributed by atoms with Gasteiger partial charge in [0.05, 0.1) is 5.52 Å². The predicted molar refractivity (Wildman–Crippen MR) is 79.5 cm³/mol. The molecule has 0 amide bonds. The number of nitrogens with zero attached hydrogens (tertiary/aromatic N) is 1. The Morgan fingerprint density at radius 3 is 2.89 bits per heavy atom. The van der Waals surface area contributed by atoms with Crippen molar-refractivity contribution in [2.75, 3.05) is 12.0 Å². The lowest BCUT2D eigenvalue weighted by molar-refractivity contribution is 0.543. The number of pyridine rings is 1. The lowest BCUT2D eigenvalue weighted by Crippen LogP contribution is -2.28. The van der Waals surface area contributed by atoms with E-state index in [1.54, 1.807) is 0 Å². The van der Waals surface area contributed by atoms with Gasteiger partial charge in [-0.05, 0) is 49.1 Å². The molecule has 3 N–H and O–H groups in total. The molecule has 1 aromatic carbocycles. The van der Waals surface area contributed by atoms with Crippen molar-refractivity contribution in [1.82, 2.24) is 10.4 Å². The van der Waals surface area contributed by atoms with Crippen molar-refractivity contribution in [3.05, 3.63) is 41.6 Å². The Bertz CT molecular complexity index is 527. The van der Waals surface area contributed by atoms with Gasteiger partial charge in [0.15, 0.2) is 0 Å². The van der Waals surface area contributed by atoms with E-state index >= 15 is 0 Å². The Labute approximate surface area is 112 Å². The molecule has 4 heteroatoms. The first-order chi connectivity index (χ1) is 8.74. The van der Waals surface area contributed by atoms with Crippen LogP contribution in [0.1, 0.15) is 23.7 Å². The van der Waals surface area contributed by atoms with Crippen LogP contribution in [-0.2, 0) is 0 Å². The van der Waals surface area contributed by atoms with E-state index in [0.717, 1.165) is 23.4 Å². The quantitative estimate of drug-likeness (QED) is 0.642. The second kappa shape index (κ2) is 6.18. The molecule has 0 radical (unpaired) electrons.